The largest absolute Gasteiger partial charge is 0.489 e. The summed E-state index contributed by atoms with van der Waals surface area (Å²) in [6.07, 6.45) is 5.44. The van der Waals surface area contributed by atoms with Crippen molar-refractivity contribution in [3.8, 4) is 5.75 Å². The Bertz CT molecular complexity index is 474. The minimum absolute atomic E-state index is 0.478. The number of hydrogen-bond donors (Lipinski definition) is 0. The van der Waals surface area contributed by atoms with E-state index in [0.717, 1.165) is 17.6 Å². The Morgan fingerprint density at radius 3 is 3.06 bits per heavy atom. The highest BCUT2D eigenvalue weighted by Crippen LogP contribution is 2.61. The molecule has 0 radical (unpaired) electrons. The summed E-state index contributed by atoms with van der Waals surface area (Å²) in [7, 11) is 0. The molecule has 2 aliphatic carbocycles. The van der Waals surface area contributed by atoms with Crippen molar-refractivity contribution < 1.29 is 4.74 Å². The summed E-state index contributed by atoms with van der Waals surface area (Å²) >= 11 is 0. The molecule has 0 saturated heterocycles. The lowest BCUT2D eigenvalue weighted by molar-refractivity contribution is 0.161. The van der Waals surface area contributed by atoms with Crippen molar-refractivity contribution in [3.05, 3.63) is 41.5 Å². The van der Waals surface area contributed by atoms with E-state index in [2.05, 4.69) is 37.3 Å². The molecule has 16 heavy (non-hydrogen) atoms. The maximum Gasteiger partial charge on any atom is 0.123 e. The van der Waals surface area contributed by atoms with E-state index in [0.29, 0.717) is 12.0 Å². The molecule has 0 aromatic heterocycles. The summed E-state index contributed by atoms with van der Waals surface area (Å²) in [5.74, 6) is 3.34. The third-order valence-corrected chi connectivity index (χ3v) is 4.69. The van der Waals surface area contributed by atoms with Gasteiger partial charge in [-0.2, -0.15) is 0 Å². The molecule has 2 saturated carbocycles. The first-order chi connectivity index (χ1) is 7.88. The fraction of sp³-hybridized carbons (Fsp3) is 0.467. The first-order valence-corrected chi connectivity index (χ1v) is 6.29. The lowest BCUT2D eigenvalue weighted by Gasteiger charge is -2.25. The average molecular weight is 212 g/mol. The standard InChI is InChI=1S/C15H16O/c1-2-9-7-10-8-12(9)14-11-5-3-4-6-13(11)16-15(10)14/h2-6,10,12,14-15H,7-8H2,1H3. The molecular formula is C15H16O. The molecule has 4 rings (SSSR count). The van der Waals surface area contributed by atoms with E-state index in [9.17, 15) is 0 Å². The van der Waals surface area contributed by atoms with E-state index in [-0.39, 0.29) is 0 Å². The first-order valence-electron chi connectivity index (χ1n) is 6.29. The van der Waals surface area contributed by atoms with Crippen LogP contribution in [0.15, 0.2) is 35.9 Å². The van der Waals surface area contributed by atoms with Crippen molar-refractivity contribution in [2.75, 3.05) is 0 Å². The molecule has 1 aromatic rings. The maximum absolute atomic E-state index is 6.13. The molecule has 4 atom stereocenters. The Morgan fingerprint density at radius 1 is 1.31 bits per heavy atom. The highest BCUT2D eigenvalue weighted by atomic mass is 16.5. The Balaban J connectivity index is 1.83. The first kappa shape index (κ1) is 8.86. The molecule has 1 nitrogen and oxygen atoms in total. The molecule has 3 aliphatic rings. The van der Waals surface area contributed by atoms with Crippen LogP contribution in [0.4, 0.5) is 0 Å². The van der Waals surface area contributed by atoms with Crippen LogP contribution in [0.5, 0.6) is 5.75 Å². The van der Waals surface area contributed by atoms with Crippen LogP contribution in [0.1, 0.15) is 31.2 Å². The predicted molar refractivity (Wildman–Crippen MR) is 63.6 cm³/mol. The fourth-order valence-corrected chi connectivity index (χ4v) is 4.07. The van der Waals surface area contributed by atoms with Crippen LogP contribution in [0.3, 0.4) is 0 Å². The second kappa shape index (κ2) is 2.91. The Hall–Kier alpha value is -1.24. The van der Waals surface area contributed by atoms with Gasteiger partial charge in [0.25, 0.3) is 0 Å². The van der Waals surface area contributed by atoms with E-state index in [1.54, 1.807) is 5.57 Å². The Labute approximate surface area is 96.1 Å². The van der Waals surface area contributed by atoms with E-state index in [1.807, 2.05) is 0 Å². The molecule has 82 valence electrons. The van der Waals surface area contributed by atoms with E-state index < -0.39 is 0 Å². The van der Waals surface area contributed by atoms with Crippen molar-refractivity contribution in [1.29, 1.82) is 0 Å². The van der Waals surface area contributed by atoms with Crippen molar-refractivity contribution >= 4 is 0 Å². The summed E-state index contributed by atoms with van der Waals surface area (Å²) in [5.41, 5.74) is 3.13. The fourth-order valence-electron chi connectivity index (χ4n) is 4.07. The quantitative estimate of drug-likeness (QED) is 0.598. The zero-order valence-electron chi connectivity index (χ0n) is 9.52. The summed E-state index contributed by atoms with van der Waals surface area (Å²) in [5, 5.41) is 0. The van der Waals surface area contributed by atoms with Crippen LogP contribution in [0.25, 0.3) is 0 Å². The predicted octanol–water partition coefficient (Wildman–Crippen LogP) is 3.52. The van der Waals surface area contributed by atoms with E-state index in [1.165, 1.54) is 18.4 Å². The second-order valence-corrected chi connectivity index (χ2v) is 5.32. The zero-order valence-corrected chi connectivity index (χ0v) is 9.52. The normalized spacial score (nSPS) is 40.9. The zero-order chi connectivity index (χ0) is 10.7. The minimum atomic E-state index is 0.478. The number of ether oxygens (including phenoxy) is 1. The van der Waals surface area contributed by atoms with Crippen molar-refractivity contribution in [3.63, 3.8) is 0 Å². The van der Waals surface area contributed by atoms with Crippen LogP contribution >= 0.6 is 0 Å². The van der Waals surface area contributed by atoms with E-state index >= 15 is 0 Å². The van der Waals surface area contributed by atoms with E-state index in [4.69, 9.17) is 4.74 Å². The maximum atomic E-state index is 6.13. The summed E-state index contributed by atoms with van der Waals surface area (Å²) in [6.45, 7) is 2.19. The molecule has 2 fully saturated rings. The van der Waals surface area contributed by atoms with Gasteiger partial charge in [0.05, 0.1) is 0 Å². The molecule has 1 aromatic carbocycles. The number of fused-ring (bicyclic) bond motifs is 7. The summed E-state index contributed by atoms with van der Waals surface area (Å²) < 4.78 is 6.13. The van der Waals surface area contributed by atoms with Crippen molar-refractivity contribution in [2.24, 2.45) is 11.8 Å². The average Bonchev–Trinajstić information content (AvgIpc) is 2.97. The Kier molecular flexibility index (Phi) is 1.61. The minimum Gasteiger partial charge on any atom is -0.489 e. The molecule has 0 amide bonds. The van der Waals surface area contributed by atoms with Gasteiger partial charge in [-0.25, -0.2) is 0 Å². The van der Waals surface area contributed by atoms with Crippen LogP contribution in [0.2, 0.25) is 0 Å². The number of hydrogen-bond acceptors (Lipinski definition) is 1. The van der Waals surface area contributed by atoms with Crippen molar-refractivity contribution in [1.82, 2.24) is 0 Å². The number of allylic oxidation sites excluding steroid dienone is 2. The van der Waals surface area contributed by atoms with Crippen LogP contribution < -0.4 is 4.74 Å². The van der Waals surface area contributed by atoms with Gasteiger partial charge in [-0.15, -0.1) is 0 Å². The molecule has 1 heterocycles. The smallest absolute Gasteiger partial charge is 0.123 e. The molecular weight excluding hydrogens is 196 g/mol. The molecule has 0 N–H and O–H groups in total. The van der Waals surface area contributed by atoms with Gasteiger partial charge >= 0.3 is 0 Å². The number of para-hydroxylation sites is 1. The van der Waals surface area contributed by atoms with Crippen LogP contribution in [-0.2, 0) is 0 Å². The lowest BCUT2D eigenvalue weighted by Crippen LogP contribution is -2.26. The van der Waals surface area contributed by atoms with Gasteiger partial charge in [0, 0.05) is 17.4 Å². The third-order valence-electron chi connectivity index (χ3n) is 4.69. The molecule has 4 unspecified atom stereocenters. The second-order valence-electron chi connectivity index (χ2n) is 5.32. The van der Waals surface area contributed by atoms with Gasteiger partial charge in [0.15, 0.2) is 0 Å². The highest BCUT2D eigenvalue weighted by molar-refractivity contribution is 5.46. The highest BCUT2D eigenvalue weighted by Gasteiger charge is 2.55. The van der Waals surface area contributed by atoms with Crippen molar-refractivity contribution in [2.45, 2.75) is 31.8 Å². The topological polar surface area (TPSA) is 9.23 Å². The monoisotopic (exact) mass is 212 g/mol. The van der Waals surface area contributed by atoms with Crippen LogP contribution in [0, 0.1) is 11.8 Å². The number of benzene rings is 1. The number of rotatable bonds is 0. The molecule has 1 heteroatoms. The van der Waals surface area contributed by atoms with Gasteiger partial charge in [-0.3, -0.25) is 0 Å². The van der Waals surface area contributed by atoms with Gasteiger partial charge in [0.2, 0.25) is 0 Å². The molecule has 2 bridgehead atoms. The van der Waals surface area contributed by atoms with Gasteiger partial charge in [-0.05, 0) is 31.7 Å². The van der Waals surface area contributed by atoms with Gasteiger partial charge in [-0.1, -0.05) is 29.8 Å². The third kappa shape index (κ3) is 0.922. The molecule has 0 spiro atoms. The van der Waals surface area contributed by atoms with Crippen LogP contribution in [-0.4, -0.2) is 6.10 Å². The summed E-state index contributed by atoms with van der Waals surface area (Å²) in [6, 6.07) is 8.61. The lowest BCUT2D eigenvalue weighted by atomic mass is 9.80. The molecule has 1 aliphatic heterocycles. The Morgan fingerprint density at radius 2 is 2.19 bits per heavy atom. The van der Waals surface area contributed by atoms with Gasteiger partial charge < -0.3 is 4.74 Å². The summed E-state index contributed by atoms with van der Waals surface area (Å²) in [4.78, 5) is 0. The SMILES string of the molecule is CC=C1CC2CC1C1c3ccccc3OC21. The van der Waals surface area contributed by atoms with Gasteiger partial charge in [0.1, 0.15) is 11.9 Å².